The Morgan fingerprint density at radius 2 is 2.00 bits per heavy atom. The monoisotopic (exact) mass is 222 g/mol. The van der Waals surface area contributed by atoms with E-state index < -0.39 is 15.9 Å². The Morgan fingerprint density at radius 3 is 2.43 bits per heavy atom. The molecule has 0 aromatic carbocycles. The Balaban J connectivity index is 3.81. The quantitative estimate of drug-likeness (QED) is 0.639. The van der Waals surface area contributed by atoms with Crippen molar-refractivity contribution in [2.45, 2.75) is 32.8 Å². The largest absolute Gasteiger partial charge is 0.374 e. The van der Waals surface area contributed by atoms with Gasteiger partial charge in [0.2, 0.25) is 0 Å². The lowest BCUT2D eigenvalue weighted by Gasteiger charge is -2.07. The molecule has 0 amide bonds. The number of ketones is 1. The van der Waals surface area contributed by atoms with Crippen LogP contribution >= 0.6 is 0 Å². The van der Waals surface area contributed by atoms with Crippen molar-refractivity contribution in [3.05, 3.63) is 0 Å². The molecular weight excluding hydrogens is 204 g/mol. The highest BCUT2D eigenvalue weighted by molar-refractivity contribution is 7.91. The van der Waals surface area contributed by atoms with Gasteiger partial charge >= 0.3 is 0 Å². The van der Waals surface area contributed by atoms with Crippen molar-refractivity contribution >= 4 is 15.6 Å². The molecule has 0 radical (unpaired) electrons. The van der Waals surface area contributed by atoms with Gasteiger partial charge in [0.15, 0.2) is 5.78 Å². The number of Topliss-reactive ketones (excluding diaryl/α,β-unsaturated/α-hetero) is 1. The van der Waals surface area contributed by atoms with Crippen LogP contribution in [0.2, 0.25) is 0 Å². The van der Waals surface area contributed by atoms with Gasteiger partial charge < -0.3 is 4.74 Å². The van der Waals surface area contributed by atoms with Crippen LogP contribution in [0.1, 0.15) is 26.7 Å². The molecule has 1 atom stereocenters. The summed E-state index contributed by atoms with van der Waals surface area (Å²) in [5.74, 6) is 0.186. The minimum Gasteiger partial charge on any atom is -0.374 e. The van der Waals surface area contributed by atoms with E-state index in [9.17, 15) is 13.2 Å². The molecule has 0 aliphatic rings. The maximum Gasteiger partial charge on any atom is 0.161 e. The van der Waals surface area contributed by atoms with E-state index in [-0.39, 0.29) is 23.7 Å². The predicted octanol–water partition coefficient (Wildman–Crippen LogP) is 0.805. The van der Waals surface area contributed by atoms with Gasteiger partial charge in [-0.1, -0.05) is 6.92 Å². The fourth-order valence-electron chi connectivity index (χ4n) is 0.945. The molecule has 0 aromatic heterocycles. The van der Waals surface area contributed by atoms with E-state index in [0.29, 0.717) is 6.42 Å². The first kappa shape index (κ1) is 13.6. The van der Waals surface area contributed by atoms with Crippen LogP contribution in [0.3, 0.4) is 0 Å². The molecule has 0 aromatic rings. The molecule has 0 bridgehead atoms. The number of carbonyl (C=O) groups is 1. The lowest BCUT2D eigenvalue weighted by molar-refractivity contribution is -0.127. The highest BCUT2D eigenvalue weighted by Crippen LogP contribution is 2.02. The number of hydrogen-bond acceptors (Lipinski definition) is 4. The summed E-state index contributed by atoms with van der Waals surface area (Å²) < 4.78 is 27.0. The topological polar surface area (TPSA) is 60.4 Å². The minimum absolute atomic E-state index is 0.0428. The number of sulfone groups is 1. The summed E-state index contributed by atoms with van der Waals surface area (Å²) in [5.41, 5.74) is 0. The smallest absolute Gasteiger partial charge is 0.161 e. The summed E-state index contributed by atoms with van der Waals surface area (Å²) >= 11 is 0. The number of carbonyl (C=O) groups excluding carboxylic acids is 1. The molecule has 0 aliphatic carbocycles. The van der Waals surface area contributed by atoms with Crippen molar-refractivity contribution < 1.29 is 17.9 Å². The molecule has 0 spiro atoms. The Hall–Kier alpha value is -0.420. The predicted molar refractivity (Wildman–Crippen MR) is 55.0 cm³/mol. The molecular formula is C9H18O4S. The molecule has 0 aliphatic heterocycles. The summed E-state index contributed by atoms with van der Waals surface area (Å²) in [7, 11) is -1.48. The zero-order valence-electron chi connectivity index (χ0n) is 8.95. The normalized spacial score (nSPS) is 13.9. The summed E-state index contributed by atoms with van der Waals surface area (Å²) in [4.78, 5) is 11.2. The van der Waals surface area contributed by atoms with Crippen LogP contribution in [0, 0.1) is 0 Å². The summed E-state index contributed by atoms with van der Waals surface area (Å²) in [6.07, 6.45) is 0.232. The van der Waals surface area contributed by atoms with Gasteiger partial charge in [0.25, 0.3) is 0 Å². The van der Waals surface area contributed by atoms with Crippen LogP contribution in [0.15, 0.2) is 0 Å². The Bertz CT molecular complexity index is 269. The van der Waals surface area contributed by atoms with E-state index in [1.165, 1.54) is 7.11 Å². The van der Waals surface area contributed by atoms with Crippen molar-refractivity contribution in [1.29, 1.82) is 0 Å². The Morgan fingerprint density at radius 1 is 1.43 bits per heavy atom. The average Bonchev–Trinajstić information content (AvgIpc) is 2.16. The van der Waals surface area contributed by atoms with Crippen LogP contribution in [0.25, 0.3) is 0 Å². The fourth-order valence-corrected chi connectivity index (χ4v) is 1.82. The molecule has 14 heavy (non-hydrogen) atoms. The fraction of sp³-hybridized carbons (Fsp3) is 0.889. The van der Waals surface area contributed by atoms with Crippen LogP contribution in [-0.2, 0) is 19.4 Å². The van der Waals surface area contributed by atoms with Crippen molar-refractivity contribution in [3.63, 3.8) is 0 Å². The molecule has 84 valence electrons. The number of ether oxygens (including phenoxy) is 1. The van der Waals surface area contributed by atoms with E-state index in [0.717, 1.165) is 0 Å². The van der Waals surface area contributed by atoms with E-state index in [4.69, 9.17) is 4.74 Å². The maximum atomic E-state index is 11.2. The highest BCUT2D eigenvalue weighted by Gasteiger charge is 2.13. The summed E-state index contributed by atoms with van der Waals surface area (Å²) in [5, 5.41) is 0. The molecule has 1 unspecified atom stereocenters. The molecule has 0 fully saturated rings. The average molecular weight is 222 g/mol. The first-order valence-electron chi connectivity index (χ1n) is 4.69. The zero-order chi connectivity index (χ0) is 11.2. The third-order valence-electron chi connectivity index (χ3n) is 2.13. The van der Waals surface area contributed by atoms with Crippen molar-refractivity contribution in [2.75, 3.05) is 18.6 Å². The van der Waals surface area contributed by atoms with Gasteiger partial charge in [-0.05, 0) is 13.3 Å². The van der Waals surface area contributed by atoms with Gasteiger partial charge in [-0.25, -0.2) is 8.42 Å². The molecule has 0 rings (SSSR count). The van der Waals surface area contributed by atoms with E-state index in [1.807, 2.05) is 0 Å². The standard InChI is InChI=1S/C9H18O4S/c1-4-14(11,12)7-5-6-9(10)8(2)13-3/h8H,4-7H2,1-3H3. The molecule has 0 saturated carbocycles. The molecule has 0 heterocycles. The van der Waals surface area contributed by atoms with Gasteiger partial charge in [-0.15, -0.1) is 0 Å². The van der Waals surface area contributed by atoms with Crippen LogP contribution in [0.5, 0.6) is 0 Å². The van der Waals surface area contributed by atoms with Gasteiger partial charge in [0.05, 0.1) is 5.75 Å². The molecule has 4 nitrogen and oxygen atoms in total. The number of hydrogen-bond donors (Lipinski definition) is 0. The SMILES string of the molecule is CCS(=O)(=O)CCCC(=O)C(C)OC. The van der Waals surface area contributed by atoms with Crippen molar-refractivity contribution in [1.82, 2.24) is 0 Å². The first-order valence-corrected chi connectivity index (χ1v) is 6.51. The highest BCUT2D eigenvalue weighted by atomic mass is 32.2. The lowest BCUT2D eigenvalue weighted by Crippen LogP contribution is -2.20. The van der Waals surface area contributed by atoms with Gasteiger partial charge in [0.1, 0.15) is 15.9 Å². The maximum absolute atomic E-state index is 11.2. The van der Waals surface area contributed by atoms with Crippen LogP contribution in [-0.4, -0.2) is 38.9 Å². The third kappa shape index (κ3) is 5.34. The summed E-state index contributed by atoms with van der Waals surface area (Å²) in [6, 6.07) is 0. The molecule has 0 N–H and O–H groups in total. The number of rotatable bonds is 7. The molecule has 5 heteroatoms. The van der Waals surface area contributed by atoms with Crippen molar-refractivity contribution in [2.24, 2.45) is 0 Å². The second-order valence-corrected chi connectivity index (χ2v) is 5.66. The zero-order valence-corrected chi connectivity index (χ0v) is 9.76. The Labute approximate surface area is 85.6 Å². The third-order valence-corrected chi connectivity index (χ3v) is 3.92. The first-order chi connectivity index (χ1) is 6.43. The summed E-state index contributed by atoms with van der Waals surface area (Å²) in [6.45, 7) is 3.27. The van der Waals surface area contributed by atoms with Crippen LogP contribution < -0.4 is 0 Å². The second kappa shape index (κ2) is 6.14. The van der Waals surface area contributed by atoms with Crippen LogP contribution in [0.4, 0.5) is 0 Å². The number of methoxy groups -OCH3 is 1. The van der Waals surface area contributed by atoms with Gasteiger partial charge in [-0.2, -0.15) is 0 Å². The van der Waals surface area contributed by atoms with Gasteiger partial charge in [0, 0.05) is 19.3 Å². The molecule has 0 saturated heterocycles. The lowest BCUT2D eigenvalue weighted by atomic mass is 10.1. The van der Waals surface area contributed by atoms with E-state index in [2.05, 4.69) is 0 Å². The van der Waals surface area contributed by atoms with Gasteiger partial charge in [-0.3, -0.25) is 4.79 Å². The minimum atomic E-state index is -2.94. The second-order valence-electron chi connectivity index (χ2n) is 3.18. The van der Waals surface area contributed by atoms with E-state index in [1.54, 1.807) is 13.8 Å². The Kier molecular flexibility index (Phi) is 5.95. The van der Waals surface area contributed by atoms with Crippen molar-refractivity contribution in [3.8, 4) is 0 Å². The van der Waals surface area contributed by atoms with E-state index >= 15 is 0 Å².